The molecule has 3 heteroatoms. The van der Waals surface area contributed by atoms with E-state index in [1.807, 2.05) is 0 Å². The van der Waals surface area contributed by atoms with Gasteiger partial charge < -0.3 is 0 Å². The zero-order valence-corrected chi connectivity index (χ0v) is 46.5. The summed E-state index contributed by atoms with van der Waals surface area (Å²) < 4.78 is 0. The average Bonchev–Trinajstić information content (AvgIpc) is 3.40. The number of aryl methyl sites for hydroxylation is 6. The molecule has 0 spiro atoms. The molecule has 1 saturated carbocycles. The minimum Gasteiger partial charge on any atom is -0.0654 e. The van der Waals surface area contributed by atoms with Gasteiger partial charge in [0.25, 0.3) is 0 Å². The van der Waals surface area contributed by atoms with E-state index in [0.29, 0.717) is 5.66 Å². The Morgan fingerprint density at radius 3 is 0.855 bits per heavy atom. The topological polar surface area (TPSA) is 0 Å². The predicted molar refractivity (Wildman–Crippen MR) is 314 cm³/mol. The molecule has 1 unspecified atom stereocenters. The Kier molecular flexibility index (Phi) is 21.7. The van der Waals surface area contributed by atoms with Gasteiger partial charge in [0.1, 0.15) is 0 Å². The molecule has 0 radical (unpaired) electrons. The van der Waals surface area contributed by atoms with E-state index in [9.17, 15) is 0 Å². The summed E-state index contributed by atoms with van der Waals surface area (Å²) in [4.78, 5) is -0.0420. The minimum absolute atomic E-state index is 0.0420. The van der Waals surface area contributed by atoms with Gasteiger partial charge in [-0.25, -0.2) is 0 Å². The van der Waals surface area contributed by atoms with Crippen LogP contribution in [0.4, 0.5) is 0 Å². The third-order valence-electron chi connectivity index (χ3n) is 15.1. The molecule has 0 nitrogen and oxygen atoms in total. The van der Waals surface area contributed by atoms with Gasteiger partial charge in [0.05, 0.1) is 0 Å². The van der Waals surface area contributed by atoms with E-state index in [2.05, 4.69) is 187 Å². The van der Waals surface area contributed by atoms with Crippen LogP contribution in [0, 0.1) is 0 Å². The lowest BCUT2D eigenvalue weighted by molar-refractivity contribution is 0.492. The first-order valence-corrected chi connectivity index (χ1v) is 32.0. The van der Waals surface area contributed by atoms with Gasteiger partial charge in [-0.2, -0.15) is 0 Å². The molecule has 0 aromatic heterocycles. The van der Waals surface area contributed by atoms with Gasteiger partial charge in [0.15, 0.2) is 0 Å². The molecule has 366 valence electrons. The number of benzene rings is 6. The Hall–Kier alpha value is -3.39. The van der Waals surface area contributed by atoms with Crippen LogP contribution in [0.15, 0.2) is 146 Å². The molecular formula is C66H87P3. The van der Waals surface area contributed by atoms with Crippen molar-refractivity contribution in [2.75, 3.05) is 0 Å². The van der Waals surface area contributed by atoms with Crippen LogP contribution in [0.2, 0.25) is 0 Å². The summed E-state index contributed by atoms with van der Waals surface area (Å²) in [5, 5.41) is 10.1. The van der Waals surface area contributed by atoms with Crippen molar-refractivity contribution in [3.63, 3.8) is 0 Å². The van der Waals surface area contributed by atoms with Crippen molar-refractivity contribution in [2.45, 2.75) is 193 Å². The van der Waals surface area contributed by atoms with Crippen molar-refractivity contribution >= 4 is 55.6 Å². The maximum absolute atomic E-state index is 2.67. The van der Waals surface area contributed by atoms with Crippen LogP contribution in [0.25, 0.3) is 0 Å². The first kappa shape index (κ1) is 53.4. The molecule has 6 aromatic carbocycles. The van der Waals surface area contributed by atoms with Crippen LogP contribution >= 0.6 is 23.8 Å². The Balaban J connectivity index is 1.73. The lowest BCUT2D eigenvalue weighted by Crippen LogP contribution is -2.52. The van der Waals surface area contributed by atoms with E-state index < -0.39 is 23.8 Å². The predicted octanol–water partition coefficient (Wildman–Crippen LogP) is 17.1. The Bertz CT molecular complexity index is 2190. The minimum atomic E-state index is -0.914. The lowest BCUT2D eigenvalue weighted by Gasteiger charge is -2.58. The van der Waals surface area contributed by atoms with Gasteiger partial charge in [0.2, 0.25) is 0 Å². The standard InChI is InChI=1S/C66H87P3/c1-7-13-33-53-39-19-25-45-59(53)67(60-46-26-20-40-54(60)34-14-8-2)65-51-31-32-52-66(65,68(61-47-27-21-41-55(61)35-15-9-3)62-48-28-22-42-56(62)36-16-10-4)69(63-49-29-23-43-57(63)37-17-11-5)64-50-30-24-44-58(64)38-18-12-6/h19-30,39-50,65H,7-18,31-38,51-52H2,1-6H3. The monoisotopic (exact) mass is 973 g/mol. The van der Waals surface area contributed by atoms with Crippen LogP contribution in [0.3, 0.4) is 0 Å². The van der Waals surface area contributed by atoms with Crippen molar-refractivity contribution in [1.29, 1.82) is 0 Å². The summed E-state index contributed by atoms with van der Waals surface area (Å²) >= 11 is 0. The summed E-state index contributed by atoms with van der Waals surface area (Å²) in [7, 11) is -2.64. The maximum Gasteiger partial charge on any atom is 0.0340 e. The summed E-state index contributed by atoms with van der Waals surface area (Å²) in [5.74, 6) is 0. The molecule has 7 rings (SSSR count). The second kappa shape index (κ2) is 28.0. The van der Waals surface area contributed by atoms with Gasteiger partial charge >= 0.3 is 0 Å². The molecule has 1 atom stereocenters. The molecule has 0 aliphatic heterocycles. The number of hydrogen-bond acceptors (Lipinski definition) is 0. The van der Waals surface area contributed by atoms with Gasteiger partial charge in [0, 0.05) is 10.6 Å². The fourth-order valence-electron chi connectivity index (χ4n) is 11.5. The molecule has 1 aliphatic carbocycles. The molecule has 0 N–H and O–H groups in total. The highest BCUT2D eigenvalue weighted by Crippen LogP contribution is 2.76. The third-order valence-corrected chi connectivity index (χ3v) is 26.3. The van der Waals surface area contributed by atoms with Gasteiger partial charge in [-0.1, -0.05) is 239 Å². The molecule has 1 aliphatic rings. The van der Waals surface area contributed by atoms with E-state index in [1.165, 1.54) is 103 Å². The van der Waals surface area contributed by atoms with E-state index in [4.69, 9.17) is 0 Å². The fraction of sp³-hybridized carbons (Fsp3) is 0.455. The summed E-state index contributed by atoms with van der Waals surface area (Å²) in [6, 6.07) is 60.2. The summed E-state index contributed by atoms with van der Waals surface area (Å²) in [6.45, 7) is 14.3. The van der Waals surface area contributed by atoms with Crippen LogP contribution in [-0.4, -0.2) is 10.6 Å². The van der Waals surface area contributed by atoms with Crippen molar-refractivity contribution in [3.8, 4) is 0 Å². The summed E-state index contributed by atoms with van der Waals surface area (Å²) in [5.41, 5.74) is 10.2. The molecule has 0 heterocycles. The lowest BCUT2D eigenvalue weighted by atomic mass is 9.98. The zero-order chi connectivity index (χ0) is 48.3. The van der Waals surface area contributed by atoms with Crippen LogP contribution < -0.4 is 31.8 Å². The van der Waals surface area contributed by atoms with Crippen molar-refractivity contribution in [2.24, 2.45) is 0 Å². The highest BCUT2D eigenvalue weighted by molar-refractivity contribution is 7.92. The average molecular weight is 973 g/mol. The SMILES string of the molecule is CCCCc1ccccc1P(c1ccccc1CCCC)C1CCCCC1(P(c1ccccc1CCCC)c1ccccc1CCCC)P(c1ccccc1CCCC)c1ccccc1CCCC. The van der Waals surface area contributed by atoms with Crippen LogP contribution in [0.5, 0.6) is 0 Å². The second-order valence-electron chi connectivity index (χ2n) is 20.1. The summed E-state index contributed by atoms with van der Waals surface area (Å²) in [6.07, 6.45) is 26.7. The van der Waals surface area contributed by atoms with Gasteiger partial charge in [-0.05, 0) is 179 Å². The Morgan fingerprint density at radius 1 is 0.333 bits per heavy atom. The molecule has 0 bridgehead atoms. The first-order chi connectivity index (χ1) is 34.1. The van der Waals surface area contributed by atoms with Gasteiger partial charge in [-0.3, -0.25) is 0 Å². The van der Waals surface area contributed by atoms with E-state index >= 15 is 0 Å². The van der Waals surface area contributed by atoms with Crippen LogP contribution in [0.1, 0.15) is 178 Å². The highest BCUT2D eigenvalue weighted by atomic mass is 31.2. The second-order valence-corrected chi connectivity index (χ2v) is 27.6. The van der Waals surface area contributed by atoms with E-state index in [-0.39, 0.29) is 4.90 Å². The maximum atomic E-state index is 2.67. The van der Waals surface area contributed by atoms with E-state index in [0.717, 1.165) is 38.5 Å². The van der Waals surface area contributed by atoms with E-state index in [1.54, 1.807) is 65.2 Å². The highest BCUT2D eigenvalue weighted by Gasteiger charge is 2.58. The van der Waals surface area contributed by atoms with Crippen molar-refractivity contribution in [1.82, 2.24) is 0 Å². The number of rotatable bonds is 27. The molecular weight excluding hydrogens is 886 g/mol. The third kappa shape index (κ3) is 12.8. The number of hydrogen-bond donors (Lipinski definition) is 0. The molecule has 0 amide bonds. The normalized spacial score (nSPS) is 14.8. The largest absolute Gasteiger partial charge is 0.0654 e. The smallest absolute Gasteiger partial charge is 0.0340 e. The molecule has 69 heavy (non-hydrogen) atoms. The fourth-order valence-corrected chi connectivity index (χ4v) is 25.0. The first-order valence-electron chi connectivity index (χ1n) is 27.9. The van der Waals surface area contributed by atoms with Crippen LogP contribution in [-0.2, 0) is 38.5 Å². The Labute approximate surface area is 425 Å². The van der Waals surface area contributed by atoms with Crippen molar-refractivity contribution < 1.29 is 0 Å². The molecule has 1 fully saturated rings. The zero-order valence-electron chi connectivity index (χ0n) is 43.8. The van der Waals surface area contributed by atoms with Crippen molar-refractivity contribution in [3.05, 3.63) is 179 Å². The quantitative estimate of drug-likeness (QED) is 0.0451. The Morgan fingerprint density at radius 2 is 0.580 bits per heavy atom. The van der Waals surface area contributed by atoms with Gasteiger partial charge in [-0.15, -0.1) is 0 Å². The molecule has 6 aromatic rings. The number of unbranched alkanes of at least 4 members (excludes halogenated alkanes) is 6. The molecule has 0 saturated heterocycles.